The number of nitrogens with one attached hydrogen (secondary N) is 1. The number of hydrogen-bond donors (Lipinski definition) is 1. The molecule has 1 fully saturated rings. The first-order valence-electron chi connectivity index (χ1n) is 8.88. The van der Waals surface area contributed by atoms with E-state index in [1.807, 2.05) is 37.5 Å². The lowest BCUT2D eigenvalue weighted by molar-refractivity contribution is -0.153. The first kappa shape index (κ1) is 19.4. The normalized spacial score (nSPS) is 15.1. The van der Waals surface area contributed by atoms with Crippen LogP contribution in [0.4, 0.5) is 4.79 Å². The van der Waals surface area contributed by atoms with Gasteiger partial charge in [0.1, 0.15) is 5.76 Å². The fourth-order valence-electron chi connectivity index (χ4n) is 3.09. The number of esters is 1. The molecule has 28 heavy (non-hydrogen) atoms. The fourth-order valence-corrected chi connectivity index (χ4v) is 3.09. The van der Waals surface area contributed by atoms with Crippen molar-refractivity contribution in [2.45, 2.75) is 33.8 Å². The molecule has 1 saturated heterocycles. The summed E-state index contributed by atoms with van der Waals surface area (Å²) in [4.78, 5) is 36.8. The van der Waals surface area contributed by atoms with E-state index in [-0.39, 0.29) is 6.54 Å². The van der Waals surface area contributed by atoms with E-state index in [2.05, 4.69) is 10.5 Å². The second-order valence-corrected chi connectivity index (χ2v) is 6.59. The van der Waals surface area contributed by atoms with Crippen LogP contribution < -0.4 is 5.32 Å². The van der Waals surface area contributed by atoms with Crippen LogP contribution in [0, 0.1) is 20.8 Å². The van der Waals surface area contributed by atoms with Crippen molar-refractivity contribution in [3.05, 3.63) is 40.9 Å². The Balaban J connectivity index is 1.67. The van der Waals surface area contributed by atoms with Crippen molar-refractivity contribution in [3.8, 4) is 5.82 Å². The molecule has 0 unspecified atom stereocenters. The molecule has 1 N–H and O–H groups in total. The van der Waals surface area contributed by atoms with Crippen molar-refractivity contribution in [1.29, 1.82) is 0 Å². The molecule has 1 atom stereocenters. The predicted molar refractivity (Wildman–Crippen MR) is 99.7 cm³/mol. The number of amides is 3. The highest BCUT2D eigenvalue weighted by atomic mass is 16.5. The molecule has 0 aromatic carbocycles. The lowest BCUT2D eigenvalue weighted by Gasteiger charge is -2.17. The van der Waals surface area contributed by atoms with Crippen molar-refractivity contribution in [1.82, 2.24) is 19.9 Å². The third-order valence-electron chi connectivity index (χ3n) is 4.48. The van der Waals surface area contributed by atoms with E-state index in [1.54, 1.807) is 6.08 Å². The van der Waals surface area contributed by atoms with Gasteiger partial charge in [0.15, 0.2) is 11.9 Å². The molecule has 0 bridgehead atoms. The van der Waals surface area contributed by atoms with Gasteiger partial charge in [-0.3, -0.25) is 14.3 Å². The summed E-state index contributed by atoms with van der Waals surface area (Å²) in [6, 6.07) is 3.26. The number of carbonyl (C=O) groups is 3. The SMILES string of the molecule is Cc1cc(-n2c(C)cc(/C=C/C(=O)O[C@@H](C)C(=O)N3CCNC3=O)c2C)no1. The summed E-state index contributed by atoms with van der Waals surface area (Å²) >= 11 is 0. The maximum Gasteiger partial charge on any atom is 0.331 e. The Morgan fingerprint density at radius 1 is 1.32 bits per heavy atom. The van der Waals surface area contributed by atoms with Crippen LogP contribution in [0.5, 0.6) is 0 Å². The molecule has 0 radical (unpaired) electrons. The highest BCUT2D eigenvalue weighted by Gasteiger charge is 2.31. The number of rotatable bonds is 5. The number of nitrogens with zero attached hydrogens (tertiary/aromatic N) is 3. The monoisotopic (exact) mass is 386 g/mol. The fraction of sp³-hybridized carbons (Fsp3) is 0.368. The average Bonchev–Trinajstić information content (AvgIpc) is 3.32. The Labute approximate surface area is 161 Å². The first-order valence-corrected chi connectivity index (χ1v) is 8.88. The maximum absolute atomic E-state index is 12.2. The van der Waals surface area contributed by atoms with Crippen molar-refractivity contribution >= 4 is 24.0 Å². The number of aryl methyl sites for hydroxylation is 2. The Hall–Kier alpha value is -3.36. The van der Waals surface area contributed by atoms with Crippen LogP contribution in [0.1, 0.15) is 29.6 Å². The molecule has 9 heteroatoms. The van der Waals surface area contributed by atoms with Crippen LogP contribution >= 0.6 is 0 Å². The molecule has 1 aliphatic heterocycles. The summed E-state index contributed by atoms with van der Waals surface area (Å²) in [6.07, 6.45) is 1.83. The van der Waals surface area contributed by atoms with Gasteiger partial charge in [-0.25, -0.2) is 9.59 Å². The molecule has 0 aliphatic carbocycles. The topological polar surface area (TPSA) is 107 Å². The van der Waals surface area contributed by atoms with Gasteiger partial charge in [-0.05, 0) is 45.4 Å². The number of carbonyl (C=O) groups excluding carboxylic acids is 3. The number of urea groups is 1. The smallest absolute Gasteiger partial charge is 0.331 e. The van der Waals surface area contributed by atoms with Crippen LogP contribution in [0.25, 0.3) is 11.9 Å². The zero-order valence-corrected chi connectivity index (χ0v) is 16.2. The number of ether oxygens (including phenoxy) is 1. The summed E-state index contributed by atoms with van der Waals surface area (Å²) in [5, 5.41) is 6.55. The van der Waals surface area contributed by atoms with Gasteiger partial charge in [0.25, 0.3) is 5.91 Å². The Bertz CT molecular complexity index is 956. The first-order chi connectivity index (χ1) is 13.3. The highest BCUT2D eigenvalue weighted by molar-refractivity contribution is 5.99. The van der Waals surface area contributed by atoms with Crippen molar-refractivity contribution in [3.63, 3.8) is 0 Å². The van der Waals surface area contributed by atoms with Gasteiger partial charge < -0.3 is 14.6 Å². The molecule has 1 aliphatic rings. The van der Waals surface area contributed by atoms with E-state index in [0.717, 1.165) is 21.9 Å². The van der Waals surface area contributed by atoms with Crippen molar-refractivity contribution in [2.24, 2.45) is 0 Å². The molecule has 9 nitrogen and oxygen atoms in total. The van der Waals surface area contributed by atoms with Gasteiger partial charge in [-0.15, -0.1) is 0 Å². The zero-order valence-electron chi connectivity index (χ0n) is 16.2. The zero-order chi connectivity index (χ0) is 20.4. The molecule has 3 amide bonds. The Morgan fingerprint density at radius 3 is 2.68 bits per heavy atom. The standard InChI is InChI=1S/C19H22N4O5/c1-11-9-15(13(3)23(11)16-10-12(2)28-21-16)5-6-17(24)27-14(4)18(25)22-8-7-20-19(22)26/h5-6,9-10,14H,7-8H2,1-4H3,(H,20,26)/b6-5+/t14-/m0/s1. The van der Waals surface area contributed by atoms with Crippen LogP contribution in [-0.4, -0.2) is 51.7 Å². The van der Waals surface area contributed by atoms with Crippen molar-refractivity contribution < 1.29 is 23.6 Å². The van der Waals surface area contributed by atoms with E-state index < -0.39 is 24.0 Å². The molecule has 0 saturated carbocycles. The van der Waals surface area contributed by atoms with Crippen LogP contribution in [0.15, 0.2) is 22.7 Å². The molecular formula is C19H22N4O5. The summed E-state index contributed by atoms with van der Waals surface area (Å²) in [7, 11) is 0. The largest absolute Gasteiger partial charge is 0.449 e. The number of imide groups is 1. The minimum atomic E-state index is -1.05. The Kier molecular flexibility index (Phi) is 5.34. The molecule has 2 aromatic rings. The van der Waals surface area contributed by atoms with E-state index >= 15 is 0 Å². The predicted octanol–water partition coefficient (Wildman–Crippen LogP) is 1.89. The average molecular weight is 386 g/mol. The third-order valence-corrected chi connectivity index (χ3v) is 4.48. The van der Waals surface area contributed by atoms with E-state index in [1.165, 1.54) is 13.0 Å². The Morgan fingerprint density at radius 2 is 2.07 bits per heavy atom. The van der Waals surface area contributed by atoms with E-state index in [4.69, 9.17) is 9.26 Å². The lowest BCUT2D eigenvalue weighted by Crippen LogP contribution is -2.41. The molecule has 2 aromatic heterocycles. The van der Waals surface area contributed by atoms with Crippen LogP contribution in [-0.2, 0) is 14.3 Å². The minimum Gasteiger partial charge on any atom is -0.449 e. The molecular weight excluding hydrogens is 364 g/mol. The molecule has 3 heterocycles. The molecule has 148 valence electrons. The van der Waals surface area contributed by atoms with Gasteiger partial charge in [0.2, 0.25) is 0 Å². The van der Waals surface area contributed by atoms with Crippen LogP contribution in [0.3, 0.4) is 0 Å². The van der Waals surface area contributed by atoms with Gasteiger partial charge in [-0.2, -0.15) is 0 Å². The van der Waals surface area contributed by atoms with E-state index in [9.17, 15) is 14.4 Å². The van der Waals surface area contributed by atoms with Gasteiger partial charge >= 0.3 is 12.0 Å². The quantitative estimate of drug-likeness (QED) is 0.621. The second kappa shape index (κ2) is 7.71. The van der Waals surface area contributed by atoms with Crippen LogP contribution in [0.2, 0.25) is 0 Å². The highest BCUT2D eigenvalue weighted by Crippen LogP contribution is 2.21. The van der Waals surface area contributed by atoms with Gasteiger partial charge in [0, 0.05) is 36.6 Å². The number of aromatic nitrogens is 2. The summed E-state index contributed by atoms with van der Waals surface area (Å²) in [5.41, 5.74) is 2.63. The van der Waals surface area contributed by atoms with Gasteiger partial charge in [-0.1, -0.05) is 5.16 Å². The third kappa shape index (κ3) is 3.83. The molecule has 0 spiro atoms. The van der Waals surface area contributed by atoms with Gasteiger partial charge in [0.05, 0.1) is 0 Å². The summed E-state index contributed by atoms with van der Waals surface area (Å²) in [5.74, 6) is 0.158. The second-order valence-electron chi connectivity index (χ2n) is 6.59. The summed E-state index contributed by atoms with van der Waals surface area (Å²) in [6.45, 7) is 7.75. The summed E-state index contributed by atoms with van der Waals surface area (Å²) < 4.78 is 12.2. The minimum absolute atomic E-state index is 0.267. The molecule has 3 rings (SSSR count). The lowest BCUT2D eigenvalue weighted by atomic mass is 10.2. The maximum atomic E-state index is 12.2. The van der Waals surface area contributed by atoms with Crippen molar-refractivity contribution in [2.75, 3.05) is 13.1 Å². The number of hydrogen-bond acceptors (Lipinski definition) is 6. The van der Waals surface area contributed by atoms with E-state index in [0.29, 0.717) is 18.1 Å².